The number of piperidine rings is 1. The van der Waals surface area contributed by atoms with Crippen molar-refractivity contribution >= 4 is 5.84 Å². The molecule has 1 aromatic carbocycles. The predicted octanol–water partition coefficient (Wildman–Crippen LogP) is 2.16. The van der Waals surface area contributed by atoms with Crippen molar-refractivity contribution in [3.8, 4) is 0 Å². The third-order valence-corrected chi connectivity index (χ3v) is 3.68. The number of benzene rings is 1. The molecule has 1 heterocycles. The van der Waals surface area contributed by atoms with Crippen molar-refractivity contribution in [1.29, 1.82) is 0 Å². The van der Waals surface area contributed by atoms with E-state index >= 15 is 0 Å². The molecule has 1 fully saturated rings. The first kappa shape index (κ1) is 12.9. The lowest BCUT2D eigenvalue weighted by Crippen LogP contribution is -2.36. The highest BCUT2D eigenvalue weighted by Gasteiger charge is 2.17. The molecule has 0 aromatic heterocycles. The van der Waals surface area contributed by atoms with Crippen LogP contribution < -0.4 is 5.73 Å². The van der Waals surface area contributed by atoms with Crippen molar-refractivity contribution in [2.75, 3.05) is 6.54 Å². The third kappa shape index (κ3) is 3.01. The van der Waals surface area contributed by atoms with Crippen LogP contribution in [0, 0.1) is 0 Å². The van der Waals surface area contributed by atoms with Gasteiger partial charge in [0, 0.05) is 18.2 Å². The van der Waals surface area contributed by atoms with Crippen molar-refractivity contribution in [3.05, 3.63) is 35.4 Å². The molecule has 18 heavy (non-hydrogen) atoms. The number of nitrogens with zero attached hydrogens (tertiary/aromatic N) is 2. The molecule has 0 saturated carbocycles. The smallest absolute Gasteiger partial charge is 0.170 e. The van der Waals surface area contributed by atoms with Crippen LogP contribution in [0.2, 0.25) is 0 Å². The van der Waals surface area contributed by atoms with Crippen molar-refractivity contribution in [3.63, 3.8) is 0 Å². The summed E-state index contributed by atoms with van der Waals surface area (Å²) in [6.07, 6.45) is 3.94. The summed E-state index contributed by atoms with van der Waals surface area (Å²) in [6, 6.07) is 8.57. The molecule has 3 N–H and O–H groups in total. The van der Waals surface area contributed by atoms with Crippen LogP contribution in [-0.4, -0.2) is 28.5 Å². The number of likely N-dealkylation sites (tertiary alicyclic amines) is 1. The standard InChI is InChI=1S/C14H21N3O/c1-11-4-2-3-9-17(11)10-12-5-7-13(8-6-12)14(15)16-18/h5-8,11,18H,2-4,9-10H2,1H3,(H2,15,16). The second-order valence-electron chi connectivity index (χ2n) is 5.00. The zero-order valence-electron chi connectivity index (χ0n) is 10.8. The topological polar surface area (TPSA) is 61.8 Å². The Morgan fingerprint density at radius 1 is 1.39 bits per heavy atom. The van der Waals surface area contributed by atoms with Crippen LogP contribution in [0.25, 0.3) is 0 Å². The lowest BCUT2D eigenvalue weighted by atomic mass is 10.0. The summed E-state index contributed by atoms with van der Waals surface area (Å²) in [5.41, 5.74) is 7.57. The molecule has 2 rings (SSSR count). The van der Waals surface area contributed by atoms with Gasteiger partial charge in [0.2, 0.25) is 0 Å². The van der Waals surface area contributed by atoms with E-state index in [2.05, 4.69) is 29.1 Å². The average Bonchev–Trinajstić information content (AvgIpc) is 2.41. The van der Waals surface area contributed by atoms with E-state index in [0.717, 1.165) is 12.1 Å². The summed E-state index contributed by atoms with van der Waals surface area (Å²) >= 11 is 0. The van der Waals surface area contributed by atoms with E-state index in [0.29, 0.717) is 6.04 Å². The Balaban J connectivity index is 2.01. The Morgan fingerprint density at radius 2 is 2.11 bits per heavy atom. The Kier molecular flexibility index (Phi) is 4.20. The number of nitrogens with two attached hydrogens (primary N) is 1. The number of rotatable bonds is 3. The minimum Gasteiger partial charge on any atom is -0.409 e. The molecule has 1 atom stereocenters. The van der Waals surface area contributed by atoms with Crippen LogP contribution in [0.5, 0.6) is 0 Å². The molecule has 98 valence electrons. The number of amidine groups is 1. The van der Waals surface area contributed by atoms with Crippen LogP contribution in [-0.2, 0) is 6.54 Å². The molecule has 0 bridgehead atoms. The largest absolute Gasteiger partial charge is 0.409 e. The van der Waals surface area contributed by atoms with Gasteiger partial charge in [0.25, 0.3) is 0 Å². The van der Waals surface area contributed by atoms with Crippen LogP contribution in [0.15, 0.2) is 29.4 Å². The van der Waals surface area contributed by atoms with Crippen molar-refractivity contribution in [2.24, 2.45) is 10.9 Å². The minimum atomic E-state index is 0.160. The van der Waals surface area contributed by atoms with Crippen LogP contribution >= 0.6 is 0 Å². The summed E-state index contributed by atoms with van der Waals surface area (Å²) in [5.74, 6) is 0.160. The first-order chi connectivity index (χ1) is 8.70. The molecule has 1 unspecified atom stereocenters. The zero-order chi connectivity index (χ0) is 13.0. The van der Waals surface area contributed by atoms with Gasteiger partial charge < -0.3 is 10.9 Å². The fourth-order valence-corrected chi connectivity index (χ4v) is 2.47. The quantitative estimate of drug-likeness (QED) is 0.372. The molecule has 4 nitrogen and oxygen atoms in total. The average molecular weight is 247 g/mol. The molecule has 0 aliphatic carbocycles. The van der Waals surface area contributed by atoms with Gasteiger partial charge in [-0.3, -0.25) is 4.90 Å². The van der Waals surface area contributed by atoms with Crippen LogP contribution in [0.4, 0.5) is 0 Å². The first-order valence-electron chi connectivity index (χ1n) is 6.51. The maximum Gasteiger partial charge on any atom is 0.170 e. The summed E-state index contributed by atoms with van der Waals surface area (Å²) in [4.78, 5) is 2.52. The molecule has 0 radical (unpaired) electrons. The van der Waals surface area contributed by atoms with E-state index < -0.39 is 0 Å². The second-order valence-corrected chi connectivity index (χ2v) is 5.00. The molecular formula is C14H21N3O. The zero-order valence-corrected chi connectivity index (χ0v) is 10.8. The molecule has 1 aliphatic heterocycles. The van der Waals surface area contributed by atoms with Gasteiger partial charge in [0.1, 0.15) is 0 Å². The van der Waals surface area contributed by atoms with Gasteiger partial charge in [0.05, 0.1) is 0 Å². The molecule has 4 heteroatoms. The Morgan fingerprint density at radius 3 is 2.72 bits per heavy atom. The fraction of sp³-hybridized carbons (Fsp3) is 0.500. The van der Waals surface area contributed by atoms with E-state index in [1.165, 1.54) is 31.4 Å². The van der Waals surface area contributed by atoms with E-state index in [1.807, 2.05) is 12.1 Å². The maximum atomic E-state index is 8.61. The number of hydrogen-bond donors (Lipinski definition) is 2. The van der Waals surface area contributed by atoms with E-state index in [1.54, 1.807) is 0 Å². The molecule has 0 spiro atoms. The summed E-state index contributed by atoms with van der Waals surface area (Å²) < 4.78 is 0. The third-order valence-electron chi connectivity index (χ3n) is 3.68. The number of oxime groups is 1. The van der Waals surface area contributed by atoms with Gasteiger partial charge in [-0.15, -0.1) is 0 Å². The molecule has 0 amide bonds. The van der Waals surface area contributed by atoms with Crippen molar-refractivity contribution in [2.45, 2.75) is 38.8 Å². The van der Waals surface area contributed by atoms with E-state index in [-0.39, 0.29) is 5.84 Å². The SMILES string of the molecule is CC1CCCCN1Cc1ccc(/C(N)=N/O)cc1. The van der Waals surface area contributed by atoms with Gasteiger partial charge >= 0.3 is 0 Å². The molecule has 1 saturated heterocycles. The first-order valence-corrected chi connectivity index (χ1v) is 6.51. The van der Waals surface area contributed by atoms with Gasteiger partial charge in [-0.2, -0.15) is 0 Å². The molecule has 1 aliphatic rings. The number of hydrogen-bond acceptors (Lipinski definition) is 3. The second kappa shape index (κ2) is 5.87. The lowest BCUT2D eigenvalue weighted by molar-refractivity contribution is 0.152. The lowest BCUT2D eigenvalue weighted by Gasteiger charge is -2.33. The highest BCUT2D eigenvalue weighted by atomic mass is 16.4. The van der Waals surface area contributed by atoms with Crippen molar-refractivity contribution in [1.82, 2.24) is 4.90 Å². The Bertz CT molecular complexity index is 414. The van der Waals surface area contributed by atoms with Crippen LogP contribution in [0.3, 0.4) is 0 Å². The van der Waals surface area contributed by atoms with Gasteiger partial charge in [-0.1, -0.05) is 35.8 Å². The fourth-order valence-electron chi connectivity index (χ4n) is 2.47. The maximum absolute atomic E-state index is 8.61. The highest BCUT2D eigenvalue weighted by Crippen LogP contribution is 2.19. The van der Waals surface area contributed by atoms with Crippen LogP contribution in [0.1, 0.15) is 37.3 Å². The minimum absolute atomic E-state index is 0.160. The van der Waals surface area contributed by atoms with Gasteiger partial charge in [-0.25, -0.2) is 0 Å². The predicted molar refractivity (Wildman–Crippen MR) is 72.7 cm³/mol. The Hall–Kier alpha value is -1.55. The summed E-state index contributed by atoms with van der Waals surface area (Å²) in [5, 5.41) is 11.6. The molecule has 1 aromatic rings. The highest BCUT2D eigenvalue weighted by molar-refractivity contribution is 5.96. The molecular weight excluding hydrogens is 226 g/mol. The van der Waals surface area contributed by atoms with E-state index in [4.69, 9.17) is 10.9 Å². The van der Waals surface area contributed by atoms with Gasteiger partial charge in [0.15, 0.2) is 5.84 Å². The summed E-state index contributed by atoms with van der Waals surface area (Å²) in [7, 11) is 0. The van der Waals surface area contributed by atoms with Gasteiger partial charge in [-0.05, 0) is 31.9 Å². The van der Waals surface area contributed by atoms with E-state index in [9.17, 15) is 0 Å². The van der Waals surface area contributed by atoms with Crippen molar-refractivity contribution < 1.29 is 5.21 Å². The summed E-state index contributed by atoms with van der Waals surface area (Å²) in [6.45, 7) is 4.46. The monoisotopic (exact) mass is 247 g/mol. The normalized spacial score (nSPS) is 22.1. The Labute approximate surface area is 108 Å².